The van der Waals surface area contributed by atoms with Crippen molar-refractivity contribution in [3.05, 3.63) is 82.7 Å². The van der Waals surface area contributed by atoms with E-state index in [9.17, 15) is 19.6 Å². The predicted octanol–water partition coefficient (Wildman–Crippen LogP) is 4.73. The second-order valence-corrected chi connectivity index (χ2v) is 13.2. The standard InChI is InChI=1S/C36H35FN4O6/c1-36(2)32-29(13-14-40(33(32)36)22-9-7-20(17-38)30(15-22)45-3)47-23-10-8-21(26(37)16-23)19-46-28-6-4-5-24-25(28)18-41(35(24)44)27-11-12-31(42)39-34(27)43/h4-10,15-16,27,29,32-33H,11-14,18-19H2,1-3H3,(H,39,42,43)/t27-,29?,32?,33?/m0/s1. The Morgan fingerprint density at radius 1 is 1.04 bits per heavy atom. The van der Waals surface area contributed by atoms with E-state index in [4.69, 9.17) is 14.2 Å². The van der Waals surface area contributed by atoms with Gasteiger partial charge in [-0.2, -0.15) is 5.26 Å². The first-order chi connectivity index (χ1) is 22.6. The van der Waals surface area contributed by atoms with Crippen LogP contribution in [0, 0.1) is 28.5 Å². The van der Waals surface area contributed by atoms with E-state index in [-0.39, 0.29) is 61.3 Å². The average Bonchev–Trinajstić information content (AvgIpc) is 3.49. The highest BCUT2D eigenvalue weighted by Crippen LogP contribution is 2.61. The van der Waals surface area contributed by atoms with Gasteiger partial charge in [0.05, 0.1) is 19.2 Å². The van der Waals surface area contributed by atoms with E-state index in [1.165, 1.54) is 11.0 Å². The first-order valence-electron chi connectivity index (χ1n) is 15.8. The van der Waals surface area contributed by atoms with Gasteiger partial charge < -0.3 is 24.0 Å². The summed E-state index contributed by atoms with van der Waals surface area (Å²) in [4.78, 5) is 40.9. The first-order valence-corrected chi connectivity index (χ1v) is 15.8. The minimum Gasteiger partial charge on any atom is -0.495 e. The summed E-state index contributed by atoms with van der Waals surface area (Å²) in [5, 5.41) is 11.7. The molecule has 0 bridgehead atoms. The number of fused-ring (bicyclic) bond motifs is 2. The smallest absolute Gasteiger partial charge is 0.255 e. The fourth-order valence-corrected chi connectivity index (χ4v) is 7.63. The fraction of sp³-hybridized carbons (Fsp3) is 0.389. The molecule has 3 amide bonds. The number of carbonyl (C=O) groups is 3. The molecule has 0 radical (unpaired) electrons. The van der Waals surface area contributed by atoms with Gasteiger partial charge in [0.2, 0.25) is 11.8 Å². The number of imide groups is 1. The van der Waals surface area contributed by atoms with Gasteiger partial charge in [-0.1, -0.05) is 19.9 Å². The number of nitriles is 1. The molecule has 11 heteroatoms. The van der Waals surface area contributed by atoms with Crippen LogP contribution in [0.1, 0.15) is 60.2 Å². The predicted molar refractivity (Wildman–Crippen MR) is 168 cm³/mol. The molecular weight excluding hydrogens is 603 g/mol. The third-order valence-electron chi connectivity index (χ3n) is 10.1. The Morgan fingerprint density at radius 3 is 2.62 bits per heavy atom. The number of methoxy groups -OCH3 is 1. The van der Waals surface area contributed by atoms with Crippen LogP contribution in [0.4, 0.5) is 10.1 Å². The Bertz CT molecular complexity index is 1840. The summed E-state index contributed by atoms with van der Waals surface area (Å²) in [6.45, 7) is 5.30. The van der Waals surface area contributed by atoms with Crippen molar-refractivity contribution >= 4 is 23.4 Å². The van der Waals surface area contributed by atoms with Crippen LogP contribution in [0.3, 0.4) is 0 Å². The number of piperidine rings is 2. The number of amides is 3. The highest BCUT2D eigenvalue weighted by Gasteiger charge is 2.66. The van der Waals surface area contributed by atoms with Crippen LogP contribution in [-0.4, -0.2) is 54.5 Å². The lowest BCUT2D eigenvalue weighted by Crippen LogP contribution is -2.52. The molecule has 1 N–H and O–H groups in total. The molecule has 4 aliphatic rings. The van der Waals surface area contributed by atoms with Crippen molar-refractivity contribution < 1.29 is 33.0 Å². The number of rotatable bonds is 8. The summed E-state index contributed by atoms with van der Waals surface area (Å²) in [6, 6.07) is 17.2. The molecule has 3 unspecified atom stereocenters. The minimum absolute atomic E-state index is 0.0141. The molecule has 3 aliphatic heterocycles. The van der Waals surface area contributed by atoms with E-state index >= 15 is 4.39 Å². The Labute approximate surface area is 272 Å². The topological polar surface area (TPSA) is 121 Å². The summed E-state index contributed by atoms with van der Waals surface area (Å²) in [5.74, 6) is 0.124. The van der Waals surface area contributed by atoms with Gasteiger partial charge in [-0.3, -0.25) is 19.7 Å². The van der Waals surface area contributed by atoms with E-state index in [1.54, 1.807) is 43.5 Å². The van der Waals surface area contributed by atoms with Gasteiger partial charge in [0.25, 0.3) is 5.91 Å². The number of carbonyl (C=O) groups excluding carboxylic acids is 3. The van der Waals surface area contributed by atoms with E-state index in [0.717, 1.165) is 18.7 Å². The van der Waals surface area contributed by atoms with Crippen molar-refractivity contribution in [2.75, 3.05) is 18.6 Å². The Balaban J connectivity index is 1.00. The molecule has 1 saturated carbocycles. The molecule has 0 spiro atoms. The van der Waals surface area contributed by atoms with Crippen molar-refractivity contribution in [1.29, 1.82) is 5.26 Å². The number of benzene rings is 3. The van der Waals surface area contributed by atoms with Gasteiger partial charge in [0, 0.05) is 65.9 Å². The monoisotopic (exact) mass is 638 g/mol. The summed E-state index contributed by atoms with van der Waals surface area (Å²) >= 11 is 0. The fourth-order valence-electron chi connectivity index (χ4n) is 7.63. The molecule has 0 aromatic heterocycles. The number of nitrogens with one attached hydrogen (secondary N) is 1. The van der Waals surface area contributed by atoms with Gasteiger partial charge in [-0.05, 0) is 48.2 Å². The zero-order valence-electron chi connectivity index (χ0n) is 26.4. The first kappa shape index (κ1) is 30.5. The summed E-state index contributed by atoms with van der Waals surface area (Å²) in [6.07, 6.45) is 1.12. The van der Waals surface area contributed by atoms with Crippen molar-refractivity contribution in [1.82, 2.24) is 10.2 Å². The quantitative estimate of drug-likeness (QED) is 0.352. The van der Waals surface area contributed by atoms with Crippen LogP contribution < -0.4 is 24.4 Å². The second-order valence-electron chi connectivity index (χ2n) is 13.2. The van der Waals surface area contributed by atoms with Crippen LogP contribution in [0.5, 0.6) is 17.2 Å². The zero-order chi connectivity index (χ0) is 33.0. The largest absolute Gasteiger partial charge is 0.495 e. The molecule has 242 valence electrons. The number of halogens is 1. The molecule has 47 heavy (non-hydrogen) atoms. The maximum absolute atomic E-state index is 15.4. The highest BCUT2D eigenvalue weighted by molar-refractivity contribution is 6.05. The lowest BCUT2D eigenvalue weighted by atomic mass is 10.0. The maximum atomic E-state index is 15.4. The lowest BCUT2D eigenvalue weighted by Gasteiger charge is -2.33. The highest BCUT2D eigenvalue weighted by atomic mass is 19.1. The van der Waals surface area contributed by atoms with Crippen LogP contribution >= 0.6 is 0 Å². The SMILES string of the molecule is COc1cc(N2CCC(Oc3ccc(COc4cccc5c4CN([C@H]4CCC(=O)NC4=O)C5=O)c(F)c3)C3C2C3(C)C)ccc1C#N. The number of hydrogen-bond acceptors (Lipinski definition) is 8. The van der Waals surface area contributed by atoms with Crippen molar-refractivity contribution in [3.63, 3.8) is 0 Å². The molecule has 7 rings (SSSR count). The Kier molecular flexibility index (Phi) is 7.54. The van der Waals surface area contributed by atoms with Crippen LogP contribution in [-0.2, 0) is 22.7 Å². The molecular formula is C36H35FN4O6. The van der Waals surface area contributed by atoms with E-state index in [0.29, 0.717) is 39.5 Å². The lowest BCUT2D eigenvalue weighted by molar-refractivity contribution is -0.136. The van der Waals surface area contributed by atoms with Crippen molar-refractivity contribution in [2.45, 2.75) is 64.4 Å². The minimum atomic E-state index is -0.728. The molecule has 3 aromatic rings. The number of ether oxygens (including phenoxy) is 3. The Hall–Kier alpha value is -5.11. The van der Waals surface area contributed by atoms with E-state index < -0.39 is 17.8 Å². The molecule has 2 saturated heterocycles. The van der Waals surface area contributed by atoms with Gasteiger partial charge in [-0.15, -0.1) is 0 Å². The third kappa shape index (κ3) is 5.31. The van der Waals surface area contributed by atoms with Crippen molar-refractivity contribution in [2.24, 2.45) is 11.3 Å². The Morgan fingerprint density at radius 2 is 1.87 bits per heavy atom. The second kappa shape index (κ2) is 11.6. The molecule has 10 nitrogen and oxygen atoms in total. The van der Waals surface area contributed by atoms with Crippen LogP contribution in [0.2, 0.25) is 0 Å². The van der Waals surface area contributed by atoms with E-state index in [2.05, 4.69) is 30.1 Å². The summed E-state index contributed by atoms with van der Waals surface area (Å²) in [5.41, 5.74) is 2.90. The summed E-state index contributed by atoms with van der Waals surface area (Å²) in [7, 11) is 1.56. The molecule has 3 aromatic carbocycles. The molecule has 3 fully saturated rings. The zero-order valence-corrected chi connectivity index (χ0v) is 26.4. The number of anilines is 1. The normalized spacial score (nSPS) is 24.2. The average molecular weight is 639 g/mol. The van der Waals surface area contributed by atoms with E-state index in [1.807, 2.05) is 12.1 Å². The molecule has 1 aliphatic carbocycles. The number of nitrogens with zero attached hydrogens (tertiary/aromatic N) is 3. The van der Waals surface area contributed by atoms with Gasteiger partial charge in [0.15, 0.2) is 0 Å². The van der Waals surface area contributed by atoms with Gasteiger partial charge in [-0.25, -0.2) is 4.39 Å². The maximum Gasteiger partial charge on any atom is 0.255 e. The van der Waals surface area contributed by atoms with Crippen molar-refractivity contribution in [3.8, 4) is 23.3 Å². The summed E-state index contributed by atoms with van der Waals surface area (Å²) < 4.78 is 33.2. The number of hydrogen-bond donors (Lipinski definition) is 1. The van der Waals surface area contributed by atoms with Crippen LogP contribution in [0.15, 0.2) is 54.6 Å². The molecule has 3 heterocycles. The third-order valence-corrected chi connectivity index (χ3v) is 10.1. The van der Waals surface area contributed by atoms with Crippen LogP contribution in [0.25, 0.3) is 0 Å². The van der Waals surface area contributed by atoms with Gasteiger partial charge >= 0.3 is 0 Å². The molecule has 4 atom stereocenters. The van der Waals surface area contributed by atoms with Gasteiger partial charge in [0.1, 0.15) is 47.9 Å².